The van der Waals surface area contributed by atoms with Crippen LogP contribution in [0.5, 0.6) is 0 Å². The number of aryl methyl sites for hydroxylation is 1. The van der Waals surface area contributed by atoms with Gasteiger partial charge in [-0.15, -0.1) is 13.2 Å². The number of hydrogen-bond donors (Lipinski definition) is 0. The van der Waals surface area contributed by atoms with Gasteiger partial charge in [-0.1, -0.05) is 43.3 Å². The second-order valence-corrected chi connectivity index (χ2v) is 4.91. The van der Waals surface area contributed by atoms with E-state index in [1.54, 1.807) is 6.08 Å². The summed E-state index contributed by atoms with van der Waals surface area (Å²) in [6.45, 7) is 10.5. The molecule has 1 heteroatoms. The molecular weight excluding hydrogens is 208 g/mol. The number of fused-ring (bicyclic) bond motifs is 1. The van der Waals surface area contributed by atoms with Gasteiger partial charge in [0.05, 0.1) is 12.7 Å². The van der Waals surface area contributed by atoms with E-state index in [1.165, 1.54) is 11.1 Å². The smallest absolute Gasteiger partial charge is 0.0919 e. The molecule has 1 aliphatic carbocycles. The summed E-state index contributed by atoms with van der Waals surface area (Å²) in [5.74, 6) is 0. The molecule has 0 heterocycles. The maximum absolute atomic E-state index is 5.98. The van der Waals surface area contributed by atoms with E-state index < -0.39 is 0 Å². The summed E-state index contributed by atoms with van der Waals surface area (Å²) in [5, 5.41) is 0. The molecule has 0 aromatic heterocycles. The van der Waals surface area contributed by atoms with Crippen molar-refractivity contribution in [3.63, 3.8) is 0 Å². The van der Waals surface area contributed by atoms with Gasteiger partial charge in [-0.05, 0) is 24.0 Å². The Hall–Kier alpha value is -1.34. The standard InChI is InChI=1S/C16H20O/c1-4-12-17-15-14-9-7-6-8-13(14)10-11-16(15,3)5-2/h4-9,15H,1-2,10-12H2,3H3/t15-,16-/m0/s1. The van der Waals surface area contributed by atoms with Crippen molar-refractivity contribution in [2.24, 2.45) is 5.41 Å². The van der Waals surface area contributed by atoms with E-state index in [4.69, 9.17) is 4.74 Å². The third-order valence-corrected chi connectivity index (χ3v) is 3.72. The molecule has 0 bridgehead atoms. The van der Waals surface area contributed by atoms with Gasteiger partial charge in [-0.2, -0.15) is 0 Å². The van der Waals surface area contributed by atoms with Gasteiger partial charge in [0.2, 0.25) is 0 Å². The Balaban J connectivity index is 2.38. The van der Waals surface area contributed by atoms with Crippen molar-refractivity contribution in [2.45, 2.75) is 25.9 Å². The topological polar surface area (TPSA) is 9.23 Å². The summed E-state index contributed by atoms with van der Waals surface area (Å²) in [4.78, 5) is 0. The third-order valence-electron chi connectivity index (χ3n) is 3.72. The van der Waals surface area contributed by atoms with E-state index in [-0.39, 0.29) is 11.5 Å². The second kappa shape index (κ2) is 4.89. The number of hydrogen-bond acceptors (Lipinski definition) is 1. The zero-order chi connectivity index (χ0) is 12.3. The lowest BCUT2D eigenvalue weighted by molar-refractivity contribution is -0.00998. The summed E-state index contributed by atoms with van der Waals surface area (Å²) < 4.78 is 5.98. The lowest BCUT2D eigenvalue weighted by Crippen LogP contribution is -2.31. The fraction of sp³-hybridized carbons (Fsp3) is 0.375. The Morgan fingerprint density at radius 1 is 1.41 bits per heavy atom. The largest absolute Gasteiger partial charge is 0.369 e. The van der Waals surface area contributed by atoms with E-state index in [2.05, 4.69) is 44.3 Å². The highest BCUT2D eigenvalue weighted by atomic mass is 16.5. The minimum atomic E-state index is 0.0252. The molecular formula is C16H20O. The van der Waals surface area contributed by atoms with Crippen LogP contribution in [0.15, 0.2) is 49.6 Å². The van der Waals surface area contributed by atoms with Crippen molar-refractivity contribution >= 4 is 0 Å². The van der Waals surface area contributed by atoms with Crippen LogP contribution in [0.3, 0.4) is 0 Å². The van der Waals surface area contributed by atoms with Gasteiger partial charge in [-0.25, -0.2) is 0 Å². The third kappa shape index (κ3) is 2.20. The molecule has 0 fully saturated rings. The maximum atomic E-state index is 5.98. The lowest BCUT2D eigenvalue weighted by Gasteiger charge is -2.40. The Labute approximate surface area is 104 Å². The predicted molar refractivity (Wildman–Crippen MR) is 72.0 cm³/mol. The number of rotatable bonds is 4. The average Bonchev–Trinajstić information content (AvgIpc) is 2.38. The number of benzene rings is 1. The highest BCUT2D eigenvalue weighted by molar-refractivity contribution is 5.34. The molecule has 0 aliphatic heterocycles. The van der Waals surface area contributed by atoms with Crippen molar-refractivity contribution in [3.05, 3.63) is 60.7 Å². The monoisotopic (exact) mass is 228 g/mol. The molecule has 0 N–H and O–H groups in total. The fourth-order valence-electron chi connectivity index (χ4n) is 2.56. The maximum Gasteiger partial charge on any atom is 0.0919 e. The summed E-state index contributed by atoms with van der Waals surface area (Å²) >= 11 is 0. The zero-order valence-electron chi connectivity index (χ0n) is 10.5. The van der Waals surface area contributed by atoms with E-state index in [0.29, 0.717) is 6.61 Å². The molecule has 1 aromatic carbocycles. The molecule has 1 aromatic rings. The summed E-state index contributed by atoms with van der Waals surface area (Å²) in [7, 11) is 0. The van der Waals surface area contributed by atoms with Crippen LogP contribution in [-0.2, 0) is 11.2 Å². The van der Waals surface area contributed by atoms with Crippen LogP contribution in [0.2, 0.25) is 0 Å². The van der Waals surface area contributed by atoms with Crippen LogP contribution >= 0.6 is 0 Å². The van der Waals surface area contributed by atoms with Gasteiger partial charge in [0.25, 0.3) is 0 Å². The van der Waals surface area contributed by atoms with Gasteiger partial charge in [-0.3, -0.25) is 0 Å². The molecule has 0 unspecified atom stereocenters. The molecule has 2 rings (SSSR count). The first kappa shape index (κ1) is 12.1. The highest BCUT2D eigenvalue weighted by Crippen LogP contribution is 2.46. The minimum absolute atomic E-state index is 0.0252. The highest BCUT2D eigenvalue weighted by Gasteiger charge is 2.37. The van der Waals surface area contributed by atoms with Crippen LogP contribution < -0.4 is 0 Å². The Bertz CT molecular complexity index is 421. The van der Waals surface area contributed by atoms with Crippen molar-refractivity contribution in [3.8, 4) is 0 Å². The fourth-order valence-corrected chi connectivity index (χ4v) is 2.56. The molecule has 1 nitrogen and oxygen atoms in total. The minimum Gasteiger partial charge on any atom is -0.369 e. The van der Waals surface area contributed by atoms with Gasteiger partial charge in [0.1, 0.15) is 0 Å². The SMILES string of the molecule is C=CCO[C@H]1c2ccccc2CC[C@]1(C)C=C. The Morgan fingerprint density at radius 2 is 2.18 bits per heavy atom. The van der Waals surface area contributed by atoms with Gasteiger partial charge in [0, 0.05) is 5.41 Å². The predicted octanol–water partition coefficient (Wildman–Crippen LogP) is 4.07. The molecule has 0 saturated heterocycles. The second-order valence-electron chi connectivity index (χ2n) is 4.91. The molecule has 1 aliphatic rings. The van der Waals surface area contributed by atoms with Crippen LogP contribution in [0, 0.1) is 5.41 Å². The molecule has 0 spiro atoms. The first-order valence-electron chi connectivity index (χ1n) is 6.15. The normalized spacial score (nSPS) is 27.2. The average molecular weight is 228 g/mol. The first-order valence-corrected chi connectivity index (χ1v) is 6.15. The van der Waals surface area contributed by atoms with Crippen LogP contribution in [0.4, 0.5) is 0 Å². The van der Waals surface area contributed by atoms with E-state index in [1.807, 2.05) is 6.08 Å². The van der Waals surface area contributed by atoms with Gasteiger partial charge >= 0.3 is 0 Å². The van der Waals surface area contributed by atoms with E-state index in [9.17, 15) is 0 Å². The van der Waals surface area contributed by atoms with Crippen molar-refractivity contribution < 1.29 is 4.74 Å². The summed E-state index contributed by atoms with van der Waals surface area (Å²) in [6, 6.07) is 8.55. The molecule has 0 saturated carbocycles. The number of ether oxygens (including phenoxy) is 1. The molecule has 90 valence electrons. The van der Waals surface area contributed by atoms with Gasteiger partial charge < -0.3 is 4.74 Å². The quantitative estimate of drug-likeness (QED) is 0.706. The van der Waals surface area contributed by atoms with Crippen molar-refractivity contribution in [1.82, 2.24) is 0 Å². The zero-order valence-corrected chi connectivity index (χ0v) is 10.5. The van der Waals surface area contributed by atoms with Crippen LogP contribution in [-0.4, -0.2) is 6.61 Å². The molecule has 0 radical (unpaired) electrons. The van der Waals surface area contributed by atoms with Crippen molar-refractivity contribution in [2.75, 3.05) is 6.61 Å². The van der Waals surface area contributed by atoms with Gasteiger partial charge in [0.15, 0.2) is 0 Å². The van der Waals surface area contributed by atoms with Crippen LogP contribution in [0.25, 0.3) is 0 Å². The Morgan fingerprint density at radius 3 is 2.88 bits per heavy atom. The summed E-state index contributed by atoms with van der Waals surface area (Å²) in [5.41, 5.74) is 2.74. The van der Waals surface area contributed by atoms with Crippen molar-refractivity contribution in [1.29, 1.82) is 0 Å². The van der Waals surface area contributed by atoms with E-state index in [0.717, 1.165) is 12.8 Å². The first-order chi connectivity index (χ1) is 8.21. The lowest BCUT2D eigenvalue weighted by atomic mass is 9.70. The summed E-state index contributed by atoms with van der Waals surface area (Å²) in [6.07, 6.45) is 6.14. The van der Waals surface area contributed by atoms with Crippen LogP contribution in [0.1, 0.15) is 30.6 Å². The molecule has 2 atom stereocenters. The molecule has 17 heavy (non-hydrogen) atoms. The Kier molecular flexibility index (Phi) is 3.49. The van der Waals surface area contributed by atoms with E-state index >= 15 is 0 Å². The molecule has 0 amide bonds.